The van der Waals surface area contributed by atoms with Crippen LogP contribution < -0.4 is 4.72 Å². The summed E-state index contributed by atoms with van der Waals surface area (Å²) in [5.74, 6) is 2.45. The van der Waals surface area contributed by atoms with Gasteiger partial charge in [-0.3, -0.25) is 13.7 Å². The van der Waals surface area contributed by atoms with Gasteiger partial charge in [0.25, 0.3) is 11.3 Å². The van der Waals surface area contributed by atoms with Gasteiger partial charge in [0.2, 0.25) is 5.91 Å². The fraction of sp³-hybridized carbons (Fsp3) is 0.938. The first kappa shape index (κ1) is 15.5. The van der Waals surface area contributed by atoms with E-state index in [1.807, 2.05) is 0 Å². The van der Waals surface area contributed by atoms with Gasteiger partial charge >= 0.3 is 0 Å². The Kier molecular flexibility index (Phi) is 4.69. The van der Waals surface area contributed by atoms with E-state index in [0.717, 1.165) is 44.4 Å². The van der Waals surface area contributed by atoms with Crippen molar-refractivity contribution in [2.45, 2.75) is 64.9 Å². The average Bonchev–Trinajstić information content (AvgIpc) is 3.01. The number of hydrogen-bond acceptors (Lipinski definition) is 3. The summed E-state index contributed by atoms with van der Waals surface area (Å²) in [6.07, 6.45) is 7.61. The number of carbonyl (C=O) groups excluding carboxylic acids is 1. The van der Waals surface area contributed by atoms with Gasteiger partial charge < -0.3 is 0 Å². The summed E-state index contributed by atoms with van der Waals surface area (Å²) in [6, 6.07) is 0. The molecule has 5 heteroatoms. The van der Waals surface area contributed by atoms with Crippen LogP contribution in [0.2, 0.25) is 0 Å². The van der Waals surface area contributed by atoms with E-state index < -0.39 is 11.3 Å². The van der Waals surface area contributed by atoms with Gasteiger partial charge in [0, 0.05) is 5.92 Å². The Labute approximate surface area is 130 Å². The Morgan fingerprint density at radius 2 is 1.81 bits per heavy atom. The molecular weight excluding hydrogens is 286 g/mol. The molecule has 3 fully saturated rings. The van der Waals surface area contributed by atoms with E-state index in [1.165, 1.54) is 6.42 Å². The lowest BCUT2D eigenvalue weighted by Crippen LogP contribution is -2.39. The van der Waals surface area contributed by atoms with Crippen molar-refractivity contribution in [3.05, 3.63) is 0 Å². The second-order valence-corrected chi connectivity index (χ2v) is 8.14. The van der Waals surface area contributed by atoms with Crippen molar-refractivity contribution in [1.29, 1.82) is 0 Å². The summed E-state index contributed by atoms with van der Waals surface area (Å²) in [5.41, 5.74) is 0. The molecule has 3 aliphatic rings. The molecule has 0 aromatic rings. The van der Waals surface area contributed by atoms with Crippen molar-refractivity contribution in [1.82, 2.24) is 4.72 Å². The second kappa shape index (κ2) is 6.37. The normalized spacial score (nSPS) is 41.1. The molecule has 21 heavy (non-hydrogen) atoms. The minimum atomic E-state index is -1.67. The van der Waals surface area contributed by atoms with Crippen LogP contribution >= 0.6 is 0 Å². The molecule has 6 unspecified atom stereocenters. The van der Waals surface area contributed by atoms with Gasteiger partial charge in [0.05, 0.1) is 6.10 Å². The minimum Gasteiger partial charge on any atom is -0.274 e. The standard InChI is InChI=1S/C16H27NO3S/c1-10-11(2)14-8-12(10)9-15(14)16(18)17-21(19)20-13-6-4-3-5-7-13/h10-15H,3-9H2,1-2H3,(H,17,18). The zero-order valence-electron chi connectivity index (χ0n) is 13.0. The van der Waals surface area contributed by atoms with Crippen molar-refractivity contribution in [2.75, 3.05) is 0 Å². The number of fused-ring (bicyclic) bond motifs is 2. The highest BCUT2D eigenvalue weighted by atomic mass is 32.2. The van der Waals surface area contributed by atoms with Crippen LogP contribution in [0.3, 0.4) is 0 Å². The molecule has 120 valence electrons. The first-order valence-corrected chi connectivity index (χ1v) is 9.53. The third kappa shape index (κ3) is 3.19. The number of carbonyl (C=O) groups is 1. The summed E-state index contributed by atoms with van der Waals surface area (Å²) in [5, 5.41) is 0. The van der Waals surface area contributed by atoms with E-state index in [0.29, 0.717) is 17.8 Å². The van der Waals surface area contributed by atoms with Gasteiger partial charge in [-0.05, 0) is 49.4 Å². The molecule has 0 aliphatic heterocycles. The molecule has 3 saturated carbocycles. The Morgan fingerprint density at radius 1 is 1.10 bits per heavy atom. The van der Waals surface area contributed by atoms with Crippen molar-refractivity contribution in [2.24, 2.45) is 29.6 Å². The van der Waals surface area contributed by atoms with Crippen LogP contribution in [0.15, 0.2) is 0 Å². The first-order valence-electron chi connectivity index (χ1n) is 8.45. The smallest absolute Gasteiger partial charge is 0.264 e. The average molecular weight is 313 g/mol. The fourth-order valence-electron chi connectivity index (χ4n) is 4.71. The van der Waals surface area contributed by atoms with Crippen molar-refractivity contribution in [3.8, 4) is 0 Å². The highest BCUT2D eigenvalue weighted by Gasteiger charge is 2.51. The summed E-state index contributed by atoms with van der Waals surface area (Å²) in [7, 11) is 0. The molecular formula is C16H27NO3S. The first-order chi connectivity index (χ1) is 10.1. The van der Waals surface area contributed by atoms with Crippen LogP contribution in [0.4, 0.5) is 0 Å². The zero-order chi connectivity index (χ0) is 15.0. The highest BCUT2D eigenvalue weighted by molar-refractivity contribution is 7.78. The second-order valence-electron chi connectivity index (χ2n) is 7.28. The molecule has 0 aromatic heterocycles. The van der Waals surface area contributed by atoms with Gasteiger partial charge in [0.1, 0.15) is 0 Å². The van der Waals surface area contributed by atoms with Crippen LogP contribution in [0.25, 0.3) is 0 Å². The van der Waals surface area contributed by atoms with Crippen molar-refractivity contribution < 1.29 is 13.2 Å². The molecule has 1 N–H and O–H groups in total. The molecule has 0 aromatic carbocycles. The van der Waals surface area contributed by atoms with Crippen LogP contribution in [-0.2, 0) is 20.2 Å². The third-order valence-electron chi connectivity index (χ3n) is 6.19. The van der Waals surface area contributed by atoms with Gasteiger partial charge in [-0.25, -0.2) is 4.21 Å². The molecule has 2 bridgehead atoms. The zero-order valence-corrected chi connectivity index (χ0v) is 13.9. The number of nitrogens with one attached hydrogen (secondary N) is 1. The number of rotatable bonds is 4. The predicted molar refractivity (Wildman–Crippen MR) is 82.3 cm³/mol. The highest BCUT2D eigenvalue weighted by Crippen LogP contribution is 2.54. The van der Waals surface area contributed by atoms with Crippen LogP contribution in [0, 0.1) is 29.6 Å². The van der Waals surface area contributed by atoms with Gasteiger partial charge in [-0.15, -0.1) is 0 Å². The lowest BCUT2D eigenvalue weighted by atomic mass is 9.75. The van der Waals surface area contributed by atoms with Gasteiger partial charge in [0.15, 0.2) is 0 Å². The van der Waals surface area contributed by atoms with E-state index in [4.69, 9.17) is 4.18 Å². The van der Waals surface area contributed by atoms with Crippen LogP contribution in [-0.4, -0.2) is 16.2 Å². The van der Waals surface area contributed by atoms with Crippen LogP contribution in [0.1, 0.15) is 58.8 Å². The predicted octanol–water partition coefficient (Wildman–Crippen LogP) is 2.96. The lowest BCUT2D eigenvalue weighted by molar-refractivity contribution is -0.125. The Morgan fingerprint density at radius 3 is 2.43 bits per heavy atom. The van der Waals surface area contributed by atoms with E-state index in [9.17, 15) is 9.00 Å². The molecule has 3 aliphatic carbocycles. The fourth-order valence-corrected chi connectivity index (χ4v) is 5.51. The molecule has 6 atom stereocenters. The maximum atomic E-state index is 12.4. The maximum Gasteiger partial charge on any atom is 0.264 e. The molecule has 1 amide bonds. The third-order valence-corrected chi connectivity index (χ3v) is 7.01. The monoisotopic (exact) mass is 313 g/mol. The molecule has 3 rings (SSSR count). The Hall–Kier alpha value is -0.420. The van der Waals surface area contributed by atoms with Gasteiger partial charge in [-0.1, -0.05) is 33.1 Å². The topological polar surface area (TPSA) is 55.4 Å². The number of hydrogen-bond donors (Lipinski definition) is 1. The summed E-state index contributed by atoms with van der Waals surface area (Å²) in [6.45, 7) is 4.55. The lowest BCUT2D eigenvalue weighted by Gasteiger charge is -2.30. The summed E-state index contributed by atoms with van der Waals surface area (Å²) < 4.78 is 20.1. The SMILES string of the molecule is CC1C2CC(C(=O)NS(=O)OC3CCCCC3)C(C2)C1C. The molecule has 0 heterocycles. The van der Waals surface area contributed by atoms with E-state index in [1.54, 1.807) is 0 Å². The molecule has 0 spiro atoms. The quantitative estimate of drug-likeness (QED) is 0.868. The Bertz CT molecular complexity index is 420. The van der Waals surface area contributed by atoms with E-state index >= 15 is 0 Å². The summed E-state index contributed by atoms with van der Waals surface area (Å²) in [4.78, 5) is 12.4. The van der Waals surface area contributed by atoms with E-state index in [2.05, 4.69) is 18.6 Å². The number of amides is 1. The molecule has 4 nitrogen and oxygen atoms in total. The van der Waals surface area contributed by atoms with Crippen molar-refractivity contribution >= 4 is 17.2 Å². The Balaban J connectivity index is 1.49. The van der Waals surface area contributed by atoms with Crippen molar-refractivity contribution in [3.63, 3.8) is 0 Å². The van der Waals surface area contributed by atoms with Crippen LogP contribution in [0.5, 0.6) is 0 Å². The largest absolute Gasteiger partial charge is 0.274 e. The maximum absolute atomic E-state index is 12.4. The molecule has 0 saturated heterocycles. The van der Waals surface area contributed by atoms with Gasteiger partial charge in [-0.2, -0.15) is 0 Å². The summed E-state index contributed by atoms with van der Waals surface area (Å²) >= 11 is -1.67. The molecule has 0 radical (unpaired) electrons. The van der Waals surface area contributed by atoms with E-state index in [-0.39, 0.29) is 17.9 Å². The minimum absolute atomic E-state index is 0.0418.